The van der Waals surface area contributed by atoms with E-state index in [9.17, 15) is 9.18 Å². The molecule has 0 radical (unpaired) electrons. The lowest BCUT2D eigenvalue weighted by molar-refractivity contribution is -0.124. The number of Topliss-reactive ketones (excluding diaryl/α,β-unsaturated/α-hetero) is 1. The van der Waals surface area contributed by atoms with Gasteiger partial charge in [-0.1, -0.05) is 18.7 Å². The topological polar surface area (TPSA) is 17.1 Å². The third kappa shape index (κ3) is 1.48. The van der Waals surface area contributed by atoms with Crippen molar-refractivity contribution in [1.29, 1.82) is 0 Å². The first kappa shape index (κ1) is 9.13. The average molecular weight is 190 g/mol. The number of carbonyl (C=O) groups is 1. The fraction of sp³-hybridized carbons (Fsp3) is 0.250. The lowest BCUT2D eigenvalue weighted by Crippen LogP contribution is -2.21. The van der Waals surface area contributed by atoms with Crippen LogP contribution in [0.5, 0.6) is 0 Å². The van der Waals surface area contributed by atoms with E-state index < -0.39 is 0 Å². The number of benzene rings is 1. The van der Waals surface area contributed by atoms with Crippen molar-refractivity contribution in [3.63, 3.8) is 0 Å². The average Bonchev–Trinajstić information content (AvgIpc) is 2.13. The Balaban J connectivity index is 2.33. The zero-order valence-electron chi connectivity index (χ0n) is 7.79. The zero-order chi connectivity index (χ0) is 10.1. The Hall–Kier alpha value is -1.44. The number of carbonyl (C=O) groups excluding carboxylic acids is 1. The molecular formula is C12H11FO. The van der Waals surface area contributed by atoms with Crippen LogP contribution in [-0.2, 0) is 4.79 Å². The summed E-state index contributed by atoms with van der Waals surface area (Å²) in [6.07, 6.45) is 2.82. The van der Waals surface area contributed by atoms with E-state index in [0.29, 0.717) is 12.8 Å². The molecule has 0 spiro atoms. The van der Waals surface area contributed by atoms with Gasteiger partial charge in [0.15, 0.2) is 0 Å². The predicted octanol–water partition coefficient (Wildman–Crippen LogP) is 2.92. The van der Waals surface area contributed by atoms with Crippen LogP contribution in [0, 0.1) is 5.82 Å². The first-order valence-corrected chi connectivity index (χ1v) is 4.64. The molecule has 1 aromatic rings. The molecule has 1 aliphatic rings. The van der Waals surface area contributed by atoms with Gasteiger partial charge in [0.05, 0.1) is 0 Å². The predicted molar refractivity (Wildman–Crippen MR) is 53.5 cm³/mol. The van der Waals surface area contributed by atoms with Crippen molar-refractivity contribution in [1.82, 2.24) is 0 Å². The molecule has 0 aliphatic heterocycles. The van der Waals surface area contributed by atoms with E-state index >= 15 is 0 Å². The van der Waals surface area contributed by atoms with Gasteiger partial charge < -0.3 is 0 Å². The SMILES string of the molecule is C=Cc1cc(F)ccc1C1CC(=O)C1. The summed E-state index contributed by atoms with van der Waals surface area (Å²) in [5.41, 5.74) is 1.85. The van der Waals surface area contributed by atoms with E-state index in [4.69, 9.17) is 0 Å². The number of halogens is 1. The molecule has 0 bridgehead atoms. The van der Waals surface area contributed by atoms with Crippen molar-refractivity contribution in [2.75, 3.05) is 0 Å². The Labute approximate surface area is 82.3 Å². The van der Waals surface area contributed by atoms with E-state index in [0.717, 1.165) is 11.1 Å². The highest BCUT2D eigenvalue weighted by molar-refractivity contribution is 5.87. The van der Waals surface area contributed by atoms with Crippen LogP contribution in [0.2, 0.25) is 0 Å². The number of hydrogen-bond donors (Lipinski definition) is 0. The molecule has 0 heterocycles. The molecular weight excluding hydrogens is 179 g/mol. The largest absolute Gasteiger partial charge is 0.300 e. The van der Waals surface area contributed by atoms with Gasteiger partial charge >= 0.3 is 0 Å². The minimum atomic E-state index is -0.255. The summed E-state index contributed by atoms with van der Waals surface area (Å²) < 4.78 is 12.9. The normalized spacial score (nSPS) is 16.5. The first-order valence-electron chi connectivity index (χ1n) is 4.64. The second kappa shape index (κ2) is 3.37. The maximum Gasteiger partial charge on any atom is 0.134 e. The van der Waals surface area contributed by atoms with Gasteiger partial charge in [0.25, 0.3) is 0 Å². The van der Waals surface area contributed by atoms with Gasteiger partial charge in [0.1, 0.15) is 11.6 Å². The lowest BCUT2D eigenvalue weighted by Gasteiger charge is -2.25. The third-order valence-corrected chi connectivity index (χ3v) is 2.66. The molecule has 0 N–H and O–H groups in total. The van der Waals surface area contributed by atoms with Gasteiger partial charge in [-0.25, -0.2) is 4.39 Å². The third-order valence-electron chi connectivity index (χ3n) is 2.66. The van der Waals surface area contributed by atoms with Crippen molar-refractivity contribution in [3.8, 4) is 0 Å². The van der Waals surface area contributed by atoms with Crippen molar-refractivity contribution < 1.29 is 9.18 Å². The molecule has 2 heteroatoms. The van der Waals surface area contributed by atoms with Crippen LogP contribution in [0.3, 0.4) is 0 Å². The van der Waals surface area contributed by atoms with Crippen molar-refractivity contribution in [3.05, 3.63) is 41.7 Å². The monoisotopic (exact) mass is 190 g/mol. The number of rotatable bonds is 2. The Morgan fingerprint density at radius 1 is 1.43 bits per heavy atom. The molecule has 1 saturated carbocycles. The van der Waals surface area contributed by atoms with E-state index in [2.05, 4.69) is 6.58 Å². The summed E-state index contributed by atoms with van der Waals surface area (Å²) in [5, 5.41) is 0. The summed E-state index contributed by atoms with van der Waals surface area (Å²) in [5.74, 6) is 0.305. The minimum absolute atomic E-state index is 0.255. The molecule has 1 fully saturated rings. The van der Waals surface area contributed by atoms with E-state index in [1.165, 1.54) is 12.1 Å². The van der Waals surface area contributed by atoms with Gasteiger partial charge in [0.2, 0.25) is 0 Å². The maximum absolute atomic E-state index is 12.9. The Bertz CT molecular complexity index is 387. The highest BCUT2D eigenvalue weighted by Gasteiger charge is 2.29. The Morgan fingerprint density at radius 2 is 2.14 bits per heavy atom. The molecule has 0 amide bonds. The van der Waals surface area contributed by atoms with Crippen molar-refractivity contribution >= 4 is 11.9 Å². The van der Waals surface area contributed by atoms with E-state index in [1.807, 2.05) is 0 Å². The van der Waals surface area contributed by atoms with Crippen LogP contribution in [0.4, 0.5) is 4.39 Å². The summed E-state index contributed by atoms with van der Waals surface area (Å²) in [7, 11) is 0. The smallest absolute Gasteiger partial charge is 0.134 e. The molecule has 1 aliphatic carbocycles. The number of hydrogen-bond acceptors (Lipinski definition) is 1. The first-order chi connectivity index (χ1) is 6.70. The molecule has 1 nitrogen and oxygen atoms in total. The van der Waals surface area contributed by atoms with Gasteiger partial charge in [-0.2, -0.15) is 0 Å². The van der Waals surface area contributed by atoms with Crippen LogP contribution in [0.1, 0.15) is 29.9 Å². The Kier molecular flexibility index (Phi) is 2.20. The second-order valence-electron chi connectivity index (χ2n) is 3.62. The molecule has 0 atom stereocenters. The van der Waals surface area contributed by atoms with Crippen LogP contribution < -0.4 is 0 Å². The van der Waals surface area contributed by atoms with Crippen molar-refractivity contribution in [2.24, 2.45) is 0 Å². The fourth-order valence-corrected chi connectivity index (χ4v) is 1.80. The summed E-state index contributed by atoms with van der Waals surface area (Å²) in [6, 6.07) is 4.65. The van der Waals surface area contributed by atoms with E-state index in [-0.39, 0.29) is 17.5 Å². The van der Waals surface area contributed by atoms with E-state index in [1.54, 1.807) is 12.1 Å². The number of ketones is 1. The molecule has 1 aromatic carbocycles. The molecule has 14 heavy (non-hydrogen) atoms. The molecule has 0 aromatic heterocycles. The molecule has 0 saturated heterocycles. The van der Waals surface area contributed by atoms with Gasteiger partial charge in [0, 0.05) is 12.8 Å². The second-order valence-corrected chi connectivity index (χ2v) is 3.62. The quantitative estimate of drug-likeness (QED) is 0.700. The molecule has 72 valence electrons. The summed E-state index contributed by atoms with van der Waals surface area (Å²) in [6.45, 7) is 3.64. The fourth-order valence-electron chi connectivity index (χ4n) is 1.80. The van der Waals surface area contributed by atoms with Gasteiger partial charge in [-0.05, 0) is 29.2 Å². The maximum atomic E-state index is 12.9. The standard InChI is InChI=1S/C12H11FO/c1-2-8-5-10(13)3-4-12(8)9-6-11(14)7-9/h2-5,9H,1,6-7H2. The van der Waals surface area contributed by atoms with Crippen LogP contribution >= 0.6 is 0 Å². The van der Waals surface area contributed by atoms with Crippen LogP contribution in [0.25, 0.3) is 6.08 Å². The van der Waals surface area contributed by atoms with Gasteiger partial charge in [-0.3, -0.25) is 4.79 Å². The summed E-state index contributed by atoms with van der Waals surface area (Å²) >= 11 is 0. The van der Waals surface area contributed by atoms with Gasteiger partial charge in [-0.15, -0.1) is 0 Å². The van der Waals surface area contributed by atoms with Crippen LogP contribution in [-0.4, -0.2) is 5.78 Å². The molecule has 0 unspecified atom stereocenters. The summed E-state index contributed by atoms with van der Waals surface area (Å²) in [4.78, 5) is 10.8. The highest BCUT2D eigenvalue weighted by Crippen LogP contribution is 2.35. The zero-order valence-corrected chi connectivity index (χ0v) is 7.79. The van der Waals surface area contributed by atoms with Crippen LogP contribution in [0.15, 0.2) is 24.8 Å². The lowest BCUT2D eigenvalue weighted by atomic mass is 9.77. The van der Waals surface area contributed by atoms with Crippen molar-refractivity contribution in [2.45, 2.75) is 18.8 Å². The molecule has 2 rings (SSSR count). The highest BCUT2D eigenvalue weighted by atomic mass is 19.1. The minimum Gasteiger partial charge on any atom is -0.300 e. The Morgan fingerprint density at radius 3 is 2.71 bits per heavy atom.